The Morgan fingerprint density at radius 3 is 2.67 bits per heavy atom. The molecular formula is C18H22BrFN4. The zero-order valence-corrected chi connectivity index (χ0v) is 15.8. The Hall–Kier alpha value is -1.40. The molecule has 4 nitrogen and oxygen atoms in total. The summed E-state index contributed by atoms with van der Waals surface area (Å²) in [5.74, 6) is -0.270. The smallest absolute Gasteiger partial charge is 0.157 e. The topological polar surface area (TPSA) is 36.3 Å². The van der Waals surface area contributed by atoms with Gasteiger partial charge in [-0.1, -0.05) is 6.92 Å². The fraction of sp³-hybridized carbons (Fsp3) is 0.500. The van der Waals surface area contributed by atoms with Gasteiger partial charge in [-0.05, 0) is 61.8 Å². The van der Waals surface area contributed by atoms with Crippen LogP contribution in [0.3, 0.4) is 0 Å². The summed E-state index contributed by atoms with van der Waals surface area (Å²) in [5, 5.41) is 3.32. The third-order valence-corrected chi connectivity index (χ3v) is 6.14. The van der Waals surface area contributed by atoms with Gasteiger partial charge in [-0.25, -0.2) is 13.9 Å². The van der Waals surface area contributed by atoms with Gasteiger partial charge in [0, 0.05) is 33.8 Å². The molecule has 128 valence electrons. The summed E-state index contributed by atoms with van der Waals surface area (Å²) < 4.78 is 16.4. The van der Waals surface area contributed by atoms with Gasteiger partial charge in [-0.3, -0.25) is 5.10 Å². The first-order valence-corrected chi connectivity index (χ1v) is 9.27. The molecule has 3 heterocycles. The number of fused-ring (bicyclic) bond motifs is 3. The summed E-state index contributed by atoms with van der Waals surface area (Å²) in [6.45, 7) is 9.03. The van der Waals surface area contributed by atoms with Gasteiger partial charge in [0.15, 0.2) is 5.65 Å². The van der Waals surface area contributed by atoms with Crippen molar-refractivity contribution < 1.29 is 4.39 Å². The van der Waals surface area contributed by atoms with Crippen LogP contribution in [0.15, 0.2) is 22.8 Å². The second-order valence-corrected chi connectivity index (χ2v) is 8.26. The molecule has 0 spiro atoms. The Bertz CT molecular complexity index is 903. The molecule has 3 aromatic rings. The standard InChI is InChI=1S/C18H22BrFN4/c1-11(2)23-6-4-18(3,5-7-23)13-10-21-24-16-14(19)8-12(20)9-15(16)22-17(13)24/h8-11,21H,4-7H2,1-3H3. The number of hydrogen-bond donors (Lipinski definition) is 1. The summed E-state index contributed by atoms with van der Waals surface area (Å²) >= 11 is 3.46. The normalized spacial score (nSPS) is 18.9. The molecule has 6 heteroatoms. The Kier molecular flexibility index (Phi) is 3.73. The van der Waals surface area contributed by atoms with Crippen LogP contribution in [0.25, 0.3) is 16.7 Å². The minimum Gasteiger partial charge on any atom is -0.301 e. The number of rotatable bonds is 2. The predicted octanol–water partition coefficient (Wildman–Crippen LogP) is 4.48. The summed E-state index contributed by atoms with van der Waals surface area (Å²) in [5.41, 5.74) is 3.81. The SMILES string of the molecule is CC(C)N1CCC(C)(c2c[nH]n3c2nc2cc(F)cc(Br)c23)CC1. The van der Waals surface area contributed by atoms with Gasteiger partial charge in [0.25, 0.3) is 0 Å². The van der Waals surface area contributed by atoms with Crippen LogP contribution >= 0.6 is 15.9 Å². The molecule has 0 atom stereocenters. The number of aromatic nitrogens is 3. The lowest BCUT2D eigenvalue weighted by Crippen LogP contribution is -2.43. The van der Waals surface area contributed by atoms with Gasteiger partial charge in [0.05, 0.1) is 5.52 Å². The Balaban J connectivity index is 1.79. The number of halogens is 2. The number of benzene rings is 1. The van der Waals surface area contributed by atoms with Crippen LogP contribution in [-0.4, -0.2) is 38.6 Å². The van der Waals surface area contributed by atoms with Crippen molar-refractivity contribution in [2.75, 3.05) is 13.1 Å². The van der Waals surface area contributed by atoms with Crippen LogP contribution in [0.1, 0.15) is 39.2 Å². The second kappa shape index (κ2) is 5.56. The molecule has 0 unspecified atom stereocenters. The number of hydrogen-bond acceptors (Lipinski definition) is 2. The maximum Gasteiger partial charge on any atom is 0.157 e. The summed E-state index contributed by atoms with van der Waals surface area (Å²) in [4.78, 5) is 7.25. The summed E-state index contributed by atoms with van der Waals surface area (Å²) in [7, 11) is 0. The molecular weight excluding hydrogens is 371 g/mol. The first-order chi connectivity index (χ1) is 11.4. The minimum absolute atomic E-state index is 0.0963. The van der Waals surface area contributed by atoms with Crippen LogP contribution in [0.2, 0.25) is 0 Å². The van der Waals surface area contributed by atoms with Crippen LogP contribution < -0.4 is 0 Å². The second-order valence-electron chi connectivity index (χ2n) is 7.40. The molecule has 0 aliphatic carbocycles. The van der Waals surface area contributed by atoms with E-state index in [1.54, 1.807) is 0 Å². The van der Waals surface area contributed by atoms with Gasteiger partial charge in [0.2, 0.25) is 0 Å². The fourth-order valence-corrected chi connectivity index (χ4v) is 4.48. The molecule has 2 aromatic heterocycles. The average Bonchev–Trinajstić information content (AvgIpc) is 3.05. The molecule has 24 heavy (non-hydrogen) atoms. The number of nitrogens with zero attached hydrogens (tertiary/aromatic N) is 3. The van der Waals surface area contributed by atoms with Crippen molar-refractivity contribution in [3.63, 3.8) is 0 Å². The van der Waals surface area contributed by atoms with Crippen molar-refractivity contribution in [3.05, 3.63) is 34.2 Å². The van der Waals surface area contributed by atoms with Gasteiger partial charge in [-0.2, -0.15) is 0 Å². The van der Waals surface area contributed by atoms with E-state index in [1.165, 1.54) is 17.7 Å². The molecule has 1 N–H and O–H groups in total. The van der Waals surface area contributed by atoms with E-state index in [1.807, 2.05) is 4.52 Å². The molecule has 1 fully saturated rings. The number of aromatic amines is 1. The maximum atomic E-state index is 13.7. The van der Waals surface area contributed by atoms with Gasteiger partial charge in [-0.15, -0.1) is 0 Å². The van der Waals surface area contributed by atoms with Crippen molar-refractivity contribution in [1.82, 2.24) is 19.5 Å². The average molecular weight is 393 g/mol. The van der Waals surface area contributed by atoms with Crippen molar-refractivity contribution in [3.8, 4) is 0 Å². The molecule has 1 aliphatic heterocycles. The Morgan fingerprint density at radius 1 is 1.29 bits per heavy atom. The molecule has 1 aliphatic rings. The third kappa shape index (κ3) is 2.39. The van der Waals surface area contributed by atoms with Gasteiger partial charge < -0.3 is 4.90 Å². The van der Waals surface area contributed by atoms with Crippen LogP contribution in [0, 0.1) is 5.82 Å². The van der Waals surface area contributed by atoms with E-state index in [9.17, 15) is 4.39 Å². The lowest BCUT2D eigenvalue weighted by atomic mass is 9.75. The lowest BCUT2D eigenvalue weighted by Gasteiger charge is -2.40. The largest absolute Gasteiger partial charge is 0.301 e. The monoisotopic (exact) mass is 392 g/mol. The third-order valence-electron chi connectivity index (χ3n) is 5.53. The van der Waals surface area contributed by atoms with E-state index in [0.29, 0.717) is 11.6 Å². The summed E-state index contributed by atoms with van der Waals surface area (Å²) in [6.07, 6.45) is 4.29. The quantitative estimate of drug-likeness (QED) is 0.697. The van der Waals surface area contributed by atoms with Gasteiger partial charge in [0.1, 0.15) is 11.3 Å². The molecule has 0 radical (unpaired) electrons. The molecule has 0 saturated carbocycles. The molecule has 0 amide bonds. The van der Waals surface area contributed by atoms with Crippen LogP contribution in [-0.2, 0) is 5.41 Å². The molecule has 1 saturated heterocycles. The predicted molar refractivity (Wildman–Crippen MR) is 98.0 cm³/mol. The first kappa shape index (κ1) is 16.1. The van der Waals surface area contributed by atoms with Crippen molar-refractivity contribution in [1.29, 1.82) is 0 Å². The number of piperidine rings is 1. The van der Waals surface area contributed by atoms with E-state index in [4.69, 9.17) is 4.98 Å². The van der Waals surface area contributed by atoms with Crippen LogP contribution in [0.4, 0.5) is 4.39 Å². The van der Waals surface area contributed by atoms with Gasteiger partial charge >= 0.3 is 0 Å². The Morgan fingerprint density at radius 2 is 2.00 bits per heavy atom. The van der Waals surface area contributed by atoms with E-state index in [0.717, 1.165) is 41.6 Å². The highest BCUT2D eigenvalue weighted by Gasteiger charge is 2.35. The fourth-order valence-electron chi connectivity index (χ4n) is 3.88. The van der Waals surface area contributed by atoms with Crippen molar-refractivity contribution in [2.45, 2.75) is 45.1 Å². The number of H-pyrrole nitrogens is 1. The molecule has 0 bridgehead atoms. The highest BCUT2D eigenvalue weighted by atomic mass is 79.9. The number of likely N-dealkylation sites (tertiary alicyclic amines) is 1. The minimum atomic E-state index is -0.270. The summed E-state index contributed by atoms with van der Waals surface area (Å²) in [6, 6.07) is 3.57. The number of nitrogens with one attached hydrogen (secondary N) is 1. The Labute approximate surface area is 149 Å². The van der Waals surface area contributed by atoms with Crippen LogP contribution in [0.5, 0.6) is 0 Å². The highest BCUT2D eigenvalue weighted by molar-refractivity contribution is 9.10. The first-order valence-electron chi connectivity index (χ1n) is 8.48. The van der Waals surface area contributed by atoms with Crippen molar-refractivity contribution in [2.24, 2.45) is 0 Å². The zero-order chi connectivity index (χ0) is 17.1. The van der Waals surface area contributed by atoms with E-state index in [2.05, 4.69) is 52.9 Å². The highest BCUT2D eigenvalue weighted by Crippen LogP contribution is 2.39. The maximum absolute atomic E-state index is 13.7. The van der Waals surface area contributed by atoms with Crippen molar-refractivity contribution >= 4 is 32.6 Å². The zero-order valence-electron chi connectivity index (χ0n) is 14.2. The van der Waals surface area contributed by atoms with E-state index < -0.39 is 0 Å². The van der Waals surface area contributed by atoms with E-state index in [-0.39, 0.29) is 11.2 Å². The van der Waals surface area contributed by atoms with E-state index >= 15 is 0 Å². The molecule has 4 rings (SSSR count). The lowest BCUT2D eigenvalue weighted by molar-refractivity contribution is 0.137. The number of imidazole rings is 1. The molecule has 1 aromatic carbocycles.